The first-order valence-corrected chi connectivity index (χ1v) is 9.40. The first kappa shape index (κ1) is 18.4. The molecule has 0 aliphatic carbocycles. The number of hydrogen-bond acceptors (Lipinski definition) is 7. The van der Waals surface area contributed by atoms with Crippen LogP contribution in [0.25, 0.3) is 11.5 Å². The fourth-order valence-electron chi connectivity index (χ4n) is 3.27. The van der Waals surface area contributed by atoms with Gasteiger partial charge in [-0.2, -0.15) is 0 Å². The zero-order valence-corrected chi connectivity index (χ0v) is 15.4. The molecule has 1 fully saturated rings. The number of nitro benzene ring substituents is 1. The van der Waals surface area contributed by atoms with E-state index >= 15 is 0 Å². The van der Waals surface area contributed by atoms with E-state index in [1.807, 2.05) is 4.90 Å². The molecule has 9 heteroatoms. The van der Waals surface area contributed by atoms with Gasteiger partial charge in [-0.1, -0.05) is 37.7 Å². The Morgan fingerprint density at radius 2 is 2.00 bits per heavy atom. The summed E-state index contributed by atoms with van der Waals surface area (Å²) in [4.78, 5) is 24.9. The number of amides is 1. The summed E-state index contributed by atoms with van der Waals surface area (Å²) >= 11 is 1.15. The molecule has 1 aliphatic heterocycles. The van der Waals surface area contributed by atoms with Gasteiger partial charge in [-0.05, 0) is 24.3 Å². The van der Waals surface area contributed by atoms with Crippen molar-refractivity contribution in [3.8, 4) is 11.5 Å². The Bertz CT molecular complexity index is 800. The molecule has 0 saturated carbocycles. The number of carbonyl (C=O) groups is 1. The standard InChI is InChI=1S/C17H20N4O4S/c1-11-7-12(2)9-20(8-11)15(22)10-26-17-19-18-16(25-17)13-5-3-4-6-14(13)21(23)24/h3-6,11-12H,7-10H2,1-2H3. The van der Waals surface area contributed by atoms with Gasteiger partial charge in [0.2, 0.25) is 5.91 Å². The van der Waals surface area contributed by atoms with Crippen LogP contribution >= 0.6 is 11.8 Å². The van der Waals surface area contributed by atoms with Gasteiger partial charge in [0.15, 0.2) is 0 Å². The molecule has 2 atom stereocenters. The van der Waals surface area contributed by atoms with Gasteiger partial charge < -0.3 is 9.32 Å². The third-order valence-corrected chi connectivity index (χ3v) is 5.08. The molecule has 3 rings (SSSR count). The summed E-state index contributed by atoms with van der Waals surface area (Å²) in [6, 6.07) is 6.19. The summed E-state index contributed by atoms with van der Waals surface area (Å²) < 4.78 is 5.51. The Kier molecular flexibility index (Phi) is 5.55. The number of piperidine rings is 1. The van der Waals surface area contributed by atoms with E-state index in [-0.39, 0.29) is 34.0 Å². The molecule has 1 aromatic carbocycles. The number of rotatable bonds is 5. The van der Waals surface area contributed by atoms with Crippen molar-refractivity contribution >= 4 is 23.4 Å². The normalized spacial score (nSPS) is 20.2. The Morgan fingerprint density at radius 1 is 1.31 bits per heavy atom. The number of aromatic nitrogens is 2. The predicted octanol–water partition coefficient (Wildman–Crippen LogP) is 3.24. The summed E-state index contributed by atoms with van der Waals surface area (Å²) in [5.74, 6) is 1.33. The van der Waals surface area contributed by atoms with Crippen molar-refractivity contribution in [2.24, 2.45) is 11.8 Å². The van der Waals surface area contributed by atoms with Crippen molar-refractivity contribution < 1.29 is 14.1 Å². The number of para-hydroxylation sites is 1. The number of benzene rings is 1. The first-order valence-electron chi connectivity index (χ1n) is 8.42. The zero-order chi connectivity index (χ0) is 18.7. The topological polar surface area (TPSA) is 102 Å². The zero-order valence-electron chi connectivity index (χ0n) is 14.6. The summed E-state index contributed by atoms with van der Waals surface area (Å²) in [5, 5.41) is 19.1. The fourth-order valence-corrected chi connectivity index (χ4v) is 3.94. The fraction of sp³-hybridized carbons (Fsp3) is 0.471. The van der Waals surface area contributed by atoms with E-state index in [2.05, 4.69) is 24.0 Å². The van der Waals surface area contributed by atoms with E-state index in [0.29, 0.717) is 11.8 Å². The van der Waals surface area contributed by atoms with Gasteiger partial charge in [-0.3, -0.25) is 14.9 Å². The Balaban J connectivity index is 1.64. The van der Waals surface area contributed by atoms with Crippen LogP contribution in [0.1, 0.15) is 20.3 Å². The van der Waals surface area contributed by atoms with Crippen LogP contribution in [0.3, 0.4) is 0 Å². The second-order valence-corrected chi connectivity index (χ2v) is 7.61. The molecule has 2 aromatic rings. The number of thioether (sulfide) groups is 1. The van der Waals surface area contributed by atoms with Crippen LogP contribution in [0.15, 0.2) is 33.9 Å². The van der Waals surface area contributed by atoms with Gasteiger partial charge in [0.05, 0.1) is 10.7 Å². The van der Waals surface area contributed by atoms with Crippen molar-refractivity contribution in [3.05, 3.63) is 34.4 Å². The van der Waals surface area contributed by atoms with E-state index in [4.69, 9.17) is 4.42 Å². The van der Waals surface area contributed by atoms with E-state index < -0.39 is 4.92 Å². The van der Waals surface area contributed by atoms with Gasteiger partial charge in [0, 0.05) is 19.2 Å². The second kappa shape index (κ2) is 7.86. The SMILES string of the molecule is CC1CC(C)CN(C(=O)CSc2nnc(-c3ccccc3[N+](=O)[O-])o2)C1. The van der Waals surface area contributed by atoms with Crippen molar-refractivity contribution in [1.29, 1.82) is 0 Å². The van der Waals surface area contributed by atoms with Gasteiger partial charge in [0.1, 0.15) is 5.56 Å². The highest BCUT2D eigenvalue weighted by Crippen LogP contribution is 2.30. The van der Waals surface area contributed by atoms with E-state index in [1.165, 1.54) is 6.07 Å². The third kappa shape index (κ3) is 4.21. The lowest BCUT2D eigenvalue weighted by Crippen LogP contribution is -2.43. The van der Waals surface area contributed by atoms with Crippen LogP contribution in [-0.2, 0) is 4.79 Å². The van der Waals surface area contributed by atoms with Crippen LogP contribution in [0.5, 0.6) is 0 Å². The molecule has 8 nitrogen and oxygen atoms in total. The minimum Gasteiger partial charge on any atom is -0.411 e. The van der Waals surface area contributed by atoms with Crippen LogP contribution in [0.2, 0.25) is 0 Å². The molecule has 0 spiro atoms. The molecule has 0 N–H and O–H groups in total. The van der Waals surface area contributed by atoms with Crippen LogP contribution in [-0.4, -0.2) is 44.8 Å². The lowest BCUT2D eigenvalue weighted by Gasteiger charge is -2.34. The molecule has 0 bridgehead atoms. The highest BCUT2D eigenvalue weighted by atomic mass is 32.2. The summed E-state index contributed by atoms with van der Waals surface area (Å²) in [5.41, 5.74) is 0.168. The highest BCUT2D eigenvalue weighted by molar-refractivity contribution is 7.99. The summed E-state index contributed by atoms with van der Waals surface area (Å²) in [6.45, 7) is 5.85. The van der Waals surface area contributed by atoms with E-state index in [0.717, 1.165) is 31.3 Å². The second-order valence-electron chi connectivity index (χ2n) is 6.68. The Labute approximate surface area is 155 Å². The molecule has 138 valence electrons. The maximum Gasteiger partial charge on any atom is 0.282 e. The van der Waals surface area contributed by atoms with E-state index in [9.17, 15) is 14.9 Å². The predicted molar refractivity (Wildman–Crippen MR) is 96.6 cm³/mol. The number of carbonyl (C=O) groups excluding carboxylic acids is 1. The van der Waals surface area contributed by atoms with Crippen LogP contribution in [0.4, 0.5) is 5.69 Å². The lowest BCUT2D eigenvalue weighted by molar-refractivity contribution is -0.384. The minimum atomic E-state index is -0.492. The van der Waals surface area contributed by atoms with Crippen molar-refractivity contribution in [1.82, 2.24) is 15.1 Å². The molecule has 2 heterocycles. The number of nitro groups is 1. The van der Waals surface area contributed by atoms with Crippen molar-refractivity contribution in [3.63, 3.8) is 0 Å². The first-order chi connectivity index (χ1) is 12.4. The Morgan fingerprint density at radius 3 is 2.69 bits per heavy atom. The molecule has 26 heavy (non-hydrogen) atoms. The van der Waals surface area contributed by atoms with Crippen molar-refractivity contribution in [2.45, 2.75) is 25.5 Å². The van der Waals surface area contributed by atoms with E-state index in [1.54, 1.807) is 18.2 Å². The molecular formula is C17H20N4O4S. The van der Waals surface area contributed by atoms with Crippen molar-refractivity contribution in [2.75, 3.05) is 18.8 Å². The maximum absolute atomic E-state index is 12.4. The minimum absolute atomic E-state index is 0.0406. The largest absolute Gasteiger partial charge is 0.411 e. The monoisotopic (exact) mass is 376 g/mol. The average Bonchev–Trinajstić information content (AvgIpc) is 3.07. The third-order valence-electron chi connectivity index (χ3n) is 4.28. The maximum atomic E-state index is 12.4. The highest BCUT2D eigenvalue weighted by Gasteiger charge is 2.26. The number of hydrogen-bond donors (Lipinski definition) is 0. The number of nitrogens with zero attached hydrogens (tertiary/aromatic N) is 4. The number of likely N-dealkylation sites (tertiary alicyclic amines) is 1. The lowest BCUT2D eigenvalue weighted by atomic mass is 9.92. The van der Waals surface area contributed by atoms with Crippen LogP contribution < -0.4 is 0 Å². The molecule has 1 aromatic heterocycles. The molecule has 0 radical (unpaired) electrons. The quantitative estimate of drug-likeness (QED) is 0.448. The van der Waals surface area contributed by atoms with Gasteiger partial charge in [-0.15, -0.1) is 10.2 Å². The molecule has 2 unspecified atom stereocenters. The average molecular weight is 376 g/mol. The molecule has 1 saturated heterocycles. The molecule has 1 aliphatic rings. The Hall–Kier alpha value is -2.42. The van der Waals surface area contributed by atoms with Gasteiger partial charge >= 0.3 is 0 Å². The summed E-state index contributed by atoms with van der Waals surface area (Å²) in [7, 11) is 0. The van der Waals surface area contributed by atoms with Gasteiger partial charge in [0.25, 0.3) is 16.8 Å². The smallest absolute Gasteiger partial charge is 0.282 e. The summed E-state index contributed by atoms with van der Waals surface area (Å²) in [6.07, 6.45) is 1.14. The van der Waals surface area contributed by atoms with Gasteiger partial charge in [-0.25, -0.2) is 0 Å². The molecule has 1 amide bonds. The van der Waals surface area contributed by atoms with Crippen LogP contribution in [0, 0.1) is 22.0 Å². The molecular weight excluding hydrogens is 356 g/mol.